The number of esters is 2. The minimum absolute atomic E-state index is 0.0528. The molecule has 0 aliphatic carbocycles. The molecule has 0 fully saturated rings. The Labute approximate surface area is 303 Å². The molecule has 0 saturated carbocycles. The predicted octanol–water partition coefficient (Wildman–Crippen LogP) is 4.03. The van der Waals surface area contributed by atoms with E-state index in [1.54, 1.807) is 33.1 Å². The molecule has 280 valence electrons. The zero-order valence-electron chi connectivity index (χ0n) is 30.8. The number of unbranched alkanes of at least 4 members (excludes halogenated alkanes) is 2. The van der Waals surface area contributed by atoms with Crippen LogP contribution < -0.4 is 16.4 Å². The maximum Gasteiger partial charge on any atom is 0.343 e. The Hall–Kier alpha value is -6.61. The van der Waals surface area contributed by atoms with Gasteiger partial charge in [0, 0.05) is 28.2 Å². The van der Waals surface area contributed by atoms with Gasteiger partial charge in [-0.25, -0.2) is 19.0 Å². The number of azo groups is 2. The highest BCUT2D eigenvalue weighted by Gasteiger charge is 2.25. The summed E-state index contributed by atoms with van der Waals surface area (Å²) in [6, 6.07) is 0. The Morgan fingerprint density at radius 2 is 1.13 bits per heavy atom. The van der Waals surface area contributed by atoms with Crippen LogP contribution in [0.1, 0.15) is 71.6 Å². The number of hydrogen-bond acceptors (Lipinski definition) is 18. The van der Waals surface area contributed by atoms with Crippen molar-refractivity contribution in [1.82, 2.24) is 54.1 Å². The van der Waals surface area contributed by atoms with Gasteiger partial charge in [0.15, 0.2) is 34.6 Å². The van der Waals surface area contributed by atoms with Crippen LogP contribution in [0.5, 0.6) is 0 Å². The summed E-state index contributed by atoms with van der Waals surface area (Å²) >= 11 is 0. The van der Waals surface area contributed by atoms with Crippen LogP contribution in [0.15, 0.2) is 32.9 Å². The second kappa shape index (κ2) is 16.2. The fourth-order valence-electron chi connectivity index (χ4n) is 5.02. The molecule has 5 aromatic rings. The Morgan fingerprint density at radius 1 is 0.717 bits per heavy atom. The van der Waals surface area contributed by atoms with E-state index in [2.05, 4.69) is 45.6 Å². The van der Waals surface area contributed by atoms with Gasteiger partial charge in [-0.2, -0.15) is 44.7 Å². The summed E-state index contributed by atoms with van der Waals surface area (Å²) in [5, 5.41) is 35.2. The third-order valence-electron chi connectivity index (χ3n) is 7.96. The van der Waals surface area contributed by atoms with Crippen molar-refractivity contribution in [3.05, 3.63) is 34.9 Å². The van der Waals surface area contributed by atoms with Gasteiger partial charge in [-0.3, -0.25) is 0 Å². The third-order valence-corrected chi connectivity index (χ3v) is 7.96. The first kappa shape index (κ1) is 37.6. The molecule has 0 saturated heterocycles. The third kappa shape index (κ3) is 7.69. The number of carbonyl (C=O) groups excluding carboxylic acids is 2. The van der Waals surface area contributed by atoms with Crippen molar-refractivity contribution in [3.8, 4) is 11.9 Å². The summed E-state index contributed by atoms with van der Waals surface area (Å²) in [5.41, 5.74) is 15.2. The molecule has 5 heterocycles. The standard InChI is InChI=1S/C31H42N18O4/c1-9-11-13-19-21(39-41-25-17(27(50)52-7)15-34-46(25)5)23(32)48(43-19)30-36-29(45(3)4)37-31(38-30)49-24(33)22(20(44-49)14-12-10-2)40-42-26-18(28(51)53-8)16-35-47(26)6/h15-16H,9-14,32-33H2,1-8H3/b41-39+,42-40+. The van der Waals surface area contributed by atoms with Crippen molar-refractivity contribution < 1.29 is 19.1 Å². The fraction of sp³-hybridized carbons (Fsp3) is 0.452. The topological polar surface area (TPSA) is 267 Å². The van der Waals surface area contributed by atoms with Gasteiger partial charge >= 0.3 is 11.9 Å². The molecule has 53 heavy (non-hydrogen) atoms. The fourth-order valence-corrected chi connectivity index (χ4v) is 5.02. The van der Waals surface area contributed by atoms with E-state index in [9.17, 15) is 9.59 Å². The number of rotatable bonds is 15. The lowest BCUT2D eigenvalue weighted by Gasteiger charge is -2.13. The molecule has 4 N–H and O–H groups in total. The smallest absolute Gasteiger partial charge is 0.343 e. The monoisotopic (exact) mass is 730 g/mol. The van der Waals surface area contributed by atoms with E-state index in [1.165, 1.54) is 45.3 Å². The lowest BCUT2D eigenvalue weighted by atomic mass is 10.2. The van der Waals surface area contributed by atoms with E-state index in [1.807, 2.05) is 13.8 Å². The van der Waals surface area contributed by atoms with Crippen LogP contribution in [0.25, 0.3) is 11.9 Å². The molecule has 0 unspecified atom stereocenters. The number of aromatic nitrogens is 11. The van der Waals surface area contributed by atoms with E-state index in [0.29, 0.717) is 24.2 Å². The van der Waals surface area contributed by atoms with Gasteiger partial charge in [0.1, 0.15) is 11.1 Å². The van der Waals surface area contributed by atoms with Crippen LogP contribution in [-0.4, -0.2) is 94.3 Å². The summed E-state index contributed by atoms with van der Waals surface area (Å²) < 4.78 is 15.2. The van der Waals surface area contributed by atoms with Crippen LogP contribution in [-0.2, 0) is 36.4 Å². The number of nitrogens with zero attached hydrogens (tertiary/aromatic N) is 16. The van der Waals surface area contributed by atoms with Crippen LogP contribution in [0.3, 0.4) is 0 Å². The van der Waals surface area contributed by atoms with Crippen LogP contribution in [0.2, 0.25) is 0 Å². The molecule has 5 rings (SSSR count). The first-order valence-corrected chi connectivity index (χ1v) is 16.7. The van der Waals surface area contributed by atoms with Crippen molar-refractivity contribution in [1.29, 1.82) is 0 Å². The van der Waals surface area contributed by atoms with Crippen molar-refractivity contribution in [3.63, 3.8) is 0 Å². The molecule has 0 spiro atoms. The molecule has 0 radical (unpaired) electrons. The largest absolute Gasteiger partial charge is 0.465 e. The Bertz CT molecular complexity index is 2030. The summed E-state index contributed by atoms with van der Waals surface area (Å²) in [5.74, 6) is -0.337. The lowest BCUT2D eigenvalue weighted by molar-refractivity contribution is 0.0592. The molecule has 22 nitrogen and oxygen atoms in total. The predicted molar refractivity (Wildman–Crippen MR) is 192 cm³/mol. The average Bonchev–Trinajstić information content (AvgIpc) is 3.89. The van der Waals surface area contributed by atoms with Crippen molar-refractivity contribution >= 4 is 52.5 Å². The van der Waals surface area contributed by atoms with Gasteiger partial charge in [0.25, 0.3) is 11.9 Å². The molecule has 0 aliphatic rings. The Balaban J connectivity index is 1.63. The number of aryl methyl sites for hydroxylation is 4. The highest BCUT2D eigenvalue weighted by atomic mass is 16.5. The molecule has 0 atom stereocenters. The second-order valence-corrected chi connectivity index (χ2v) is 11.9. The van der Waals surface area contributed by atoms with Gasteiger partial charge in [-0.05, 0) is 25.7 Å². The van der Waals surface area contributed by atoms with Gasteiger partial charge in [0.2, 0.25) is 5.95 Å². The first-order valence-electron chi connectivity index (χ1n) is 16.7. The van der Waals surface area contributed by atoms with E-state index in [0.717, 1.165) is 25.7 Å². The number of nitrogen functional groups attached to an aromatic ring is 2. The van der Waals surface area contributed by atoms with Crippen LogP contribution in [0, 0.1) is 0 Å². The van der Waals surface area contributed by atoms with Gasteiger partial charge < -0.3 is 25.8 Å². The summed E-state index contributed by atoms with van der Waals surface area (Å²) in [6.07, 6.45) is 7.05. The normalized spacial score (nSPS) is 11.6. The van der Waals surface area contributed by atoms with Crippen LogP contribution >= 0.6 is 0 Å². The molecular formula is C31H42N18O4. The van der Waals surface area contributed by atoms with Crippen molar-refractivity contribution in [2.45, 2.75) is 52.4 Å². The lowest BCUT2D eigenvalue weighted by Crippen LogP contribution is -2.19. The molecule has 5 aromatic heterocycles. The quantitative estimate of drug-likeness (QED) is 0.114. The average molecular weight is 731 g/mol. The number of methoxy groups -OCH3 is 2. The number of carbonyl (C=O) groups is 2. The van der Waals surface area contributed by atoms with Crippen LogP contribution in [0.4, 0.5) is 40.6 Å². The van der Waals surface area contributed by atoms with E-state index >= 15 is 0 Å². The van der Waals surface area contributed by atoms with Gasteiger partial charge in [-0.1, -0.05) is 26.7 Å². The Morgan fingerprint density at radius 3 is 1.49 bits per heavy atom. The highest BCUT2D eigenvalue weighted by Crippen LogP contribution is 2.35. The second-order valence-electron chi connectivity index (χ2n) is 11.9. The summed E-state index contributed by atoms with van der Waals surface area (Å²) in [4.78, 5) is 40.2. The minimum atomic E-state index is -0.612. The van der Waals surface area contributed by atoms with Gasteiger partial charge in [-0.15, -0.1) is 20.5 Å². The zero-order chi connectivity index (χ0) is 38.4. The molecule has 0 aromatic carbocycles. The molecule has 0 aliphatic heterocycles. The maximum atomic E-state index is 12.3. The SMILES string of the molecule is CCCCc1nn(-c2nc(N(C)C)nc(-n3nc(CCCC)c(/N=N/c4c(C(=O)OC)cnn4C)c3N)n2)c(N)c1/N=N/c1c(C(=O)OC)cnn1C. The van der Waals surface area contributed by atoms with Gasteiger partial charge in [0.05, 0.1) is 38.0 Å². The Kier molecular flexibility index (Phi) is 11.5. The molecule has 0 bridgehead atoms. The van der Waals surface area contributed by atoms with E-state index in [4.69, 9.17) is 31.1 Å². The zero-order valence-corrected chi connectivity index (χ0v) is 30.8. The number of anilines is 3. The number of nitrogens with two attached hydrogens (primary N) is 2. The molecule has 22 heteroatoms. The summed E-state index contributed by atoms with van der Waals surface area (Å²) in [7, 11) is 9.32. The van der Waals surface area contributed by atoms with E-state index in [-0.39, 0.29) is 63.6 Å². The number of hydrogen-bond donors (Lipinski definition) is 2. The summed E-state index contributed by atoms with van der Waals surface area (Å²) in [6.45, 7) is 4.10. The van der Waals surface area contributed by atoms with E-state index < -0.39 is 11.9 Å². The minimum Gasteiger partial charge on any atom is -0.465 e. The van der Waals surface area contributed by atoms with Crippen molar-refractivity contribution in [2.75, 3.05) is 44.7 Å². The van der Waals surface area contributed by atoms with Crippen molar-refractivity contribution in [2.24, 2.45) is 34.6 Å². The number of ether oxygens (including phenoxy) is 2. The maximum absolute atomic E-state index is 12.3. The highest BCUT2D eigenvalue weighted by molar-refractivity contribution is 5.94. The first-order chi connectivity index (χ1) is 25.4. The molecular weight excluding hydrogens is 688 g/mol. The molecule has 0 amide bonds.